The lowest BCUT2D eigenvalue weighted by atomic mass is 9.69. The van der Waals surface area contributed by atoms with Crippen molar-refractivity contribution in [2.75, 3.05) is 6.61 Å². The molecule has 1 saturated heterocycles. The number of nitrogens with zero attached hydrogens (tertiary/aromatic N) is 4. The van der Waals surface area contributed by atoms with Crippen molar-refractivity contribution in [2.24, 2.45) is 0 Å². The van der Waals surface area contributed by atoms with E-state index in [4.69, 9.17) is 9.72 Å². The van der Waals surface area contributed by atoms with Crippen LogP contribution in [0.15, 0.2) is 54.6 Å². The average Bonchev–Trinajstić information content (AvgIpc) is 3.27. The van der Waals surface area contributed by atoms with Gasteiger partial charge in [-0.2, -0.15) is 0 Å². The Morgan fingerprint density at radius 1 is 1.03 bits per heavy atom. The Labute approximate surface area is 189 Å². The van der Waals surface area contributed by atoms with Crippen molar-refractivity contribution in [3.8, 4) is 0 Å². The van der Waals surface area contributed by atoms with Crippen LogP contribution >= 0.6 is 0 Å². The number of para-hydroxylation sites is 2. The first-order valence-corrected chi connectivity index (χ1v) is 10.8. The molecule has 9 heteroatoms. The topological polar surface area (TPSA) is 133 Å². The van der Waals surface area contributed by atoms with Gasteiger partial charge in [0.05, 0.1) is 28.9 Å². The summed E-state index contributed by atoms with van der Waals surface area (Å²) in [7, 11) is 0. The summed E-state index contributed by atoms with van der Waals surface area (Å²) in [5.41, 5.74) is 0.434. The van der Waals surface area contributed by atoms with E-state index in [0.29, 0.717) is 28.8 Å². The zero-order valence-electron chi connectivity index (χ0n) is 18.3. The zero-order chi connectivity index (χ0) is 23.4. The fraction of sp³-hybridized carbons (Fsp3) is 0.375. The van der Waals surface area contributed by atoms with E-state index in [2.05, 4.69) is 10.2 Å². The molecule has 33 heavy (non-hydrogen) atoms. The van der Waals surface area contributed by atoms with Gasteiger partial charge in [0.25, 0.3) is 0 Å². The van der Waals surface area contributed by atoms with Gasteiger partial charge < -0.3 is 25.2 Å². The van der Waals surface area contributed by atoms with E-state index in [1.54, 1.807) is 18.2 Å². The van der Waals surface area contributed by atoms with Crippen LogP contribution in [0.1, 0.15) is 37.0 Å². The van der Waals surface area contributed by atoms with Crippen molar-refractivity contribution < 1.29 is 25.2 Å². The Hall–Kier alpha value is -2.95. The quantitative estimate of drug-likeness (QED) is 0.344. The summed E-state index contributed by atoms with van der Waals surface area (Å²) in [5, 5.41) is 51.5. The molecule has 0 amide bonds. The maximum absolute atomic E-state index is 11.2. The van der Waals surface area contributed by atoms with Crippen molar-refractivity contribution in [3.63, 3.8) is 0 Å². The molecule has 3 heterocycles. The summed E-state index contributed by atoms with van der Waals surface area (Å²) in [6.07, 6.45) is -3.82. The summed E-state index contributed by atoms with van der Waals surface area (Å²) in [6, 6.07) is 17.2. The van der Waals surface area contributed by atoms with Crippen molar-refractivity contribution >= 4 is 16.7 Å². The van der Waals surface area contributed by atoms with Crippen LogP contribution < -0.4 is 0 Å². The van der Waals surface area contributed by atoms with Gasteiger partial charge in [-0.3, -0.25) is 4.40 Å². The summed E-state index contributed by atoms with van der Waals surface area (Å²) < 4.78 is 7.16. The van der Waals surface area contributed by atoms with E-state index >= 15 is 0 Å². The second-order valence-corrected chi connectivity index (χ2v) is 8.94. The van der Waals surface area contributed by atoms with Crippen molar-refractivity contribution in [3.05, 3.63) is 71.7 Å². The molecule has 0 bridgehead atoms. The maximum atomic E-state index is 11.2. The third-order valence-electron chi connectivity index (χ3n) is 6.61. The molecule has 4 N–H and O–H groups in total. The second-order valence-electron chi connectivity index (χ2n) is 8.94. The summed E-state index contributed by atoms with van der Waals surface area (Å²) in [6.45, 7) is 2.68. The normalized spacial score (nSPS) is 24.0. The lowest BCUT2D eigenvalue weighted by Crippen LogP contribution is -2.78. The minimum atomic E-state index is -1.89. The van der Waals surface area contributed by atoms with Crippen molar-refractivity contribution in [2.45, 2.75) is 49.8 Å². The predicted octanol–water partition coefficient (Wildman–Crippen LogP) is 1.16. The number of rotatable bonds is 6. The highest BCUT2D eigenvalue weighted by Gasteiger charge is 2.67. The van der Waals surface area contributed by atoms with Gasteiger partial charge in [-0.25, -0.2) is 4.98 Å². The number of fused-ring (bicyclic) bond motifs is 3. The average molecular weight is 450 g/mol. The Bertz CT molecular complexity index is 1310. The first-order chi connectivity index (χ1) is 15.8. The van der Waals surface area contributed by atoms with Crippen LogP contribution in [0.5, 0.6) is 0 Å². The fourth-order valence-corrected chi connectivity index (χ4v) is 4.74. The third kappa shape index (κ3) is 3.24. The van der Waals surface area contributed by atoms with Crippen LogP contribution in [0, 0.1) is 0 Å². The number of aromatic nitrogens is 4. The van der Waals surface area contributed by atoms with Gasteiger partial charge in [0.15, 0.2) is 11.5 Å². The Morgan fingerprint density at radius 2 is 1.73 bits per heavy atom. The Kier molecular flexibility index (Phi) is 5.19. The summed E-state index contributed by atoms with van der Waals surface area (Å²) in [4.78, 5) is 4.77. The van der Waals surface area contributed by atoms with E-state index < -0.39 is 36.1 Å². The fourth-order valence-electron chi connectivity index (χ4n) is 4.74. The van der Waals surface area contributed by atoms with Crippen molar-refractivity contribution in [1.82, 2.24) is 19.6 Å². The van der Waals surface area contributed by atoms with Crippen LogP contribution in [-0.2, 0) is 11.2 Å². The molecule has 4 aromatic rings. The van der Waals surface area contributed by atoms with E-state index in [1.165, 1.54) is 0 Å². The van der Waals surface area contributed by atoms with Crippen LogP contribution in [0.3, 0.4) is 0 Å². The highest BCUT2D eigenvalue weighted by molar-refractivity contribution is 5.78. The molecular weight excluding hydrogens is 424 g/mol. The number of benzene rings is 2. The Morgan fingerprint density at radius 3 is 2.42 bits per heavy atom. The van der Waals surface area contributed by atoms with Crippen LogP contribution in [0.4, 0.5) is 0 Å². The number of aliphatic hydroxyl groups is 4. The smallest absolute Gasteiger partial charge is 0.183 e. The Balaban J connectivity index is 1.64. The monoisotopic (exact) mass is 450 g/mol. The van der Waals surface area contributed by atoms with Gasteiger partial charge in [-0.1, -0.05) is 42.5 Å². The first-order valence-electron chi connectivity index (χ1n) is 10.8. The SMILES string of the molecule is CC1(C)O[C@H](CO)[C@@]1(O)[C@H](O)[C@@H](O)c1nnc2c(Cc3ccccc3)nc3ccccc3n12. The van der Waals surface area contributed by atoms with E-state index in [-0.39, 0.29) is 5.82 Å². The van der Waals surface area contributed by atoms with E-state index in [0.717, 1.165) is 5.56 Å². The lowest BCUT2D eigenvalue weighted by Gasteiger charge is -2.59. The van der Waals surface area contributed by atoms with Gasteiger partial charge in [0.2, 0.25) is 0 Å². The molecule has 0 radical (unpaired) electrons. The van der Waals surface area contributed by atoms with Gasteiger partial charge >= 0.3 is 0 Å². The van der Waals surface area contributed by atoms with Gasteiger partial charge in [-0.15, -0.1) is 10.2 Å². The van der Waals surface area contributed by atoms with Crippen LogP contribution in [-0.4, -0.2) is 70.0 Å². The molecule has 1 fully saturated rings. The first kappa shape index (κ1) is 21.9. The lowest BCUT2D eigenvalue weighted by molar-refractivity contribution is -0.378. The number of aliphatic hydroxyl groups excluding tert-OH is 3. The largest absolute Gasteiger partial charge is 0.394 e. The molecule has 9 nitrogen and oxygen atoms in total. The molecule has 1 aliphatic heterocycles. The second kappa shape index (κ2) is 7.82. The highest BCUT2D eigenvalue weighted by atomic mass is 16.6. The number of hydrogen-bond donors (Lipinski definition) is 4. The molecule has 0 saturated carbocycles. The molecule has 0 unspecified atom stereocenters. The van der Waals surface area contributed by atoms with Gasteiger partial charge in [0.1, 0.15) is 23.9 Å². The molecular formula is C24H26N4O5. The van der Waals surface area contributed by atoms with Crippen LogP contribution in [0.2, 0.25) is 0 Å². The molecule has 2 aromatic heterocycles. The minimum absolute atomic E-state index is 0.0678. The molecule has 5 rings (SSSR count). The van der Waals surface area contributed by atoms with Gasteiger partial charge in [-0.05, 0) is 31.5 Å². The highest BCUT2D eigenvalue weighted by Crippen LogP contribution is 2.47. The minimum Gasteiger partial charge on any atom is -0.394 e. The molecule has 0 aliphatic carbocycles. The summed E-state index contributed by atoms with van der Waals surface area (Å²) in [5.74, 6) is 0.0678. The predicted molar refractivity (Wildman–Crippen MR) is 119 cm³/mol. The molecule has 2 aromatic carbocycles. The standard InChI is InChI=1S/C24H26N4O5/c1-23(2)24(32,18(13-29)33-23)20(31)19(30)22-27-26-21-16(12-14-8-4-3-5-9-14)25-15-10-6-7-11-17(15)28(21)22/h3-11,18-20,29-32H,12-13H2,1-2H3/t18-,19-,20-,24-/m1/s1. The van der Waals surface area contributed by atoms with E-state index in [1.807, 2.05) is 54.6 Å². The molecule has 1 aliphatic rings. The van der Waals surface area contributed by atoms with E-state index in [9.17, 15) is 20.4 Å². The molecule has 0 spiro atoms. The van der Waals surface area contributed by atoms with Crippen molar-refractivity contribution in [1.29, 1.82) is 0 Å². The maximum Gasteiger partial charge on any atom is 0.183 e. The summed E-state index contributed by atoms with van der Waals surface area (Å²) >= 11 is 0. The third-order valence-corrected chi connectivity index (χ3v) is 6.61. The van der Waals surface area contributed by atoms with Crippen LogP contribution in [0.25, 0.3) is 16.7 Å². The number of ether oxygens (including phenoxy) is 1. The molecule has 4 atom stereocenters. The number of hydrogen-bond acceptors (Lipinski definition) is 8. The zero-order valence-corrected chi connectivity index (χ0v) is 18.3. The van der Waals surface area contributed by atoms with Gasteiger partial charge in [0, 0.05) is 6.42 Å². The molecule has 172 valence electrons.